The number of methoxy groups -OCH3 is 1. The van der Waals surface area contributed by atoms with Crippen LogP contribution in [0, 0.1) is 23.0 Å². The smallest absolute Gasteiger partial charge is 0.259 e. The number of nitrogens with one attached hydrogen (secondary N) is 1. The van der Waals surface area contributed by atoms with E-state index in [2.05, 4.69) is 37.1 Å². The van der Waals surface area contributed by atoms with Gasteiger partial charge in [0.2, 0.25) is 0 Å². The summed E-state index contributed by atoms with van der Waals surface area (Å²) in [5.74, 6) is -1.22. The normalized spacial score (nSPS) is 14.1. The fraction of sp³-hybridized carbons (Fsp3) is 0.333. The molecule has 6 nitrogen and oxygen atoms in total. The van der Waals surface area contributed by atoms with Gasteiger partial charge in [-0.3, -0.25) is 4.79 Å². The van der Waals surface area contributed by atoms with E-state index < -0.39 is 11.6 Å². The second-order valence-electron chi connectivity index (χ2n) is 10.3. The summed E-state index contributed by atoms with van der Waals surface area (Å²) >= 11 is 0. The number of ether oxygens (including phenoxy) is 2. The van der Waals surface area contributed by atoms with Gasteiger partial charge in [-0.05, 0) is 53.4 Å². The molecule has 0 saturated carbocycles. The molecule has 0 unspecified atom stereocenters. The zero-order chi connectivity index (χ0) is 27.4. The number of hydrogen-bond donors (Lipinski definition) is 1. The number of nitrogens with zero attached hydrogens (tertiary/aromatic N) is 2. The molecule has 1 amide bonds. The maximum absolute atomic E-state index is 14.0. The van der Waals surface area contributed by atoms with Gasteiger partial charge in [0.05, 0.1) is 35.7 Å². The molecule has 3 aromatic carbocycles. The van der Waals surface area contributed by atoms with Crippen molar-refractivity contribution in [3.8, 4) is 17.6 Å². The van der Waals surface area contributed by atoms with Gasteiger partial charge in [-0.25, -0.2) is 8.78 Å². The van der Waals surface area contributed by atoms with Crippen molar-refractivity contribution in [2.45, 2.75) is 45.1 Å². The van der Waals surface area contributed by atoms with Gasteiger partial charge in [0.25, 0.3) is 5.91 Å². The van der Waals surface area contributed by atoms with E-state index in [1.165, 1.54) is 19.2 Å². The Labute approximate surface area is 221 Å². The Morgan fingerprint density at radius 1 is 1.03 bits per heavy atom. The van der Waals surface area contributed by atoms with Crippen LogP contribution in [0.3, 0.4) is 0 Å². The van der Waals surface area contributed by atoms with Gasteiger partial charge in [-0.1, -0.05) is 26.8 Å². The number of benzene rings is 3. The maximum atomic E-state index is 14.0. The second-order valence-corrected chi connectivity index (χ2v) is 10.3. The van der Waals surface area contributed by atoms with Gasteiger partial charge >= 0.3 is 0 Å². The van der Waals surface area contributed by atoms with Crippen LogP contribution in [-0.4, -0.2) is 32.2 Å². The molecule has 8 heteroatoms. The Morgan fingerprint density at radius 2 is 1.76 bits per heavy atom. The third kappa shape index (κ3) is 6.05. The van der Waals surface area contributed by atoms with E-state index in [1.807, 2.05) is 18.2 Å². The van der Waals surface area contributed by atoms with Gasteiger partial charge in [0, 0.05) is 32.0 Å². The minimum absolute atomic E-state index is 0.0302. The highest BCUT2D eigenvalue weighted by Gasteiger charge is 2.25. The largest absolute Gasteiger partial charge is 0.496 e. The average Bonchev–Trinajstić information content (AvgIpc) is 2.89. The summed E-state index contributed by atoms with van der Waals surface area (Å²) in [6.07, 6.45) is 0.978. The van der Waals surface area contributed by atoms with Gasteiger partial charge in [-0.15, -0.1) is 0 Å². The lowest BCUT2D eigenvalue weighted by molar-refractivity contribution is 0.102. The average molecular weight is 520 g/mol. The van der Waals surface area contributed by atoms with Crippen LogP contribution in [0.15, 0.2) is 54.6 Å². The molecule has 3 aromatic rings. The van der Waals surface area contributed by atoms with Crippen molar-refractivity contribution in [2.24, 2.45) is 0 Å². The molecule has 0 aromatic heterocycles. The molecular weight excluding hydrogens is 488 g/mol. The molecule has 0 spiro atoms. The number of carbonyl (C=O) groups is 1. The summed E-state index contributed by atoms with van der Waals surface area (Å²) in [5, 5.41) is 12.4. The third-order valence-electron chi connectivity index (χ3n) is 6.66. The fourth-order valence-corrected chi connectivity index (χ4v) is 4.48. The topological polar surface area (TPSA) is 74.6 Å². The summed E-state index contributed by atoms with van der Waals surface area (Å²) in [6, 6.07) is 16.1. The molecule has 4 rings (SSSR count). The van der Waals surface area contributed by atoms with Crippen molar-refractivity contribution in [3.63, 3.8) is 0 Å². The summed E-state index contributed by atoms with van der Waals surface area (Å²) in [6.45, 7) is 7.44. The number of piperidine rings is 1. The summed E-state index contributed by atoms with van der Waals surface area (Å²) < 4.78 is 38.5. The second kappa shape index (κ2) is 11.1. The number of hydrogen-bond acceptors (Lipinski definition) is 5. The number of amides is 1. The molecule has 1 N–H and O–H groups in total. The fourth-order valence-electron chi connectivity index (χ4n) is 4.48. The highest BCUT2D eigenvalue weighted by molar-refractivity contribution is 6.08. The molecule has 0 bridgehead atoms. The van der Waals surface area contributed by atoms with Gasteiger partial charge < -0.3 is 19.7 Å². The zero-order valence-corrected chi connectivity index (χ0v) is 22.0. The van der Waals surface area contributed by atoms with Crippen molar-refractivity contribution in [3.05, 3.63) is 82.9 Å². The van der Waals surface area contributed by atoms with Crippen molar-refractivity contribution in [1.82, 2.24) is 0 Å². The summed E-state index contributed by atoms with van der Waals surface area (Å²) in [7, 11) is 1.53. The van der Waals surface area contributed by atoms with E-state index in [-0.39, 0.29) is 23.2 Å². The van der Waals surface area contributed by atoms with E-state index in [4.69, 9.17) is 9.47 Å². The minimum atomic E-state index is -0.726. The highest BCUT2D eigenvalue weighted by Crippen LogP contribution is 2.33. The predicted octanol–water partition coefficient (Wildman–Crippen LogP) is 6.44. The quantitative estimate of drug-likeness (QED) is 0.406. The first-order chi connectivity index (χ1) is 18.1. The zero-order valence-electron chi connectivity index (χ0n) is 22.0. The molecule has 198 valence electrons. The third-order valence-corrected chi connectivity index (χ3v) is 6.66. The lowest BCUT2D eigenvalue weighted by Gasteiger charge is -2.35. The van der Waals surface area contributed by atoms with Crippen LogP contribution in [0.1, 0.15) is 55.1 Å². The van der Waals surface area contributed by atoms with Crippen molar-refractivity contribution in [1.29, 1.82) is 5.26 Å². The standard InChI is InChI=1S/C30H31F2N3O3/c1-30(2,3)20-6-8-23(28(16-20)37-4)29(36)34-25-15-19(18-33)5-9-26(25)35-13-11-22(12-14-35)38-27-10-7-21(31)17-24(27)32/h5-10,15-17,22H,11-14H2,1-4H3,(H,34,36). The van der Waals surface area contributed by atoms with E-state index in [0.717, 1.165) is 17.3 Å². The van der Waals surface area contributed by atoms with Crippen molar-refractivity contribution >= 4 is 17.3 Å². The monoisotopic (exact) mass is 519 g/mol. The molecule has 1 heterocycles. The molecule has 1 aliphatic heterocycles. The molecule has 0 radical (unpaired) electrons. The highest BCUT2D eigenvalue weighted by atomic mass is 19.1. The van der Waals surface area contributed by atoms with Crippen LogP contribution < -0.4 is 19.7 Å². The molecule has 1 saturated heterocycles. The van der Waals surface area contributed by atoms with Gasteiger partial charge in [-0.2, -0.15) is 5.26 Å². The maximum Gasteiger partial charge on any atom is 0.259 e. The van der Waals surface area contributed by atoms with Crippen molar-refractivity contribution < 1.29 is 23.0 Å². The Bertz CT molecular complexity index is 1370. The van der Waals surface area contributed by atoms with Gasteiger partial charge in [0.15, 0.2) is 11.6 Å². The molecular formula is C30H31F2N3O3. The summed E-state index contributed by atoms with van der Waals surface area (Å²) in [5.41, 5.74) is 3.04. The number of halogens is 2. The number of carbonyl (C=O) groups excluding carboxylic acids is 1. The van der Waals surface area contributed by atoms with Crippen LogP contribution in [0.2, 0.25) is 0 Å². The van der Waals surface area contributed by atoms with Crippen LogP contribution in [-0.2, 0) is 5.41 Å². The van der Waals surface area contributed by atoms with Crippen LogP contribution >= 0.6 is 0 Å². The lowest BCUT2D eigenvalue weighted by atomic mass is 9.86. The molecule has 1 fully saturated rings. The Balaban J connectivity index is 1.51. The predicted molar refractivity (Wildman–Crippen MR) is 143 cm³/mol. The number of anilines is 2. The van der Waals surface area contributed by atoms with E-state index >= 15 is 0 Å². The van der Waals surface area contributed by atoms with E-state index in [0.29, 0.717) is 48.5 Å². The molecule has 1 aliphatic rings. The van der Waals surface area contributed by atoms with Crippen molar-refractivity contribution in [2.75, 3.05) is 30.4 Å². The van der Waals surface area contributed by atoms with Crippen LogP contribution in [0.4, 0.5) is 20.2 Å². The van der Waals surface area contributed by atoms with Gasteiger partial charge in [0.1, 0.15) is 17.7 Å². The van der Waals surface area contributed by atoms with Crippen LogP contribution in [0.5, 0.6) is 11.5 Å². The molecule has 38 heavy (non-hydrogen) atoms. The van der Waals surface area contributed by atoms with Crippen LogP contribution in [0.25, 0.3) is 0 Å². The number of rotatable bonds is 6. The first-order valence-electron chi connectivity index (χ1n) is 12.5. The SMILES string of the molecule is COc1cc(C(C)(C)C)ccc1C(=O)Nc1cc(C#N)ccc1N1CCC(Oc2ccc(F)cc2F)CC1. The Hall–Kier alpha value is -4.12. The van der Waals surface area contributed by atoms with E-state index in [9.17, 15) is 18.8 Å². The Kier molecular flexibility index (Phi) is 7.86. The van der Waals surface area contributed by atoms with E-state index in [1.54, 1.807) is 18.2 Å². The first-order valence-corrected chi connectivity index (χ1v) is 12.5. The number of nitriles is 1. The Morgan fingerprint density at radius 3 is 2.39 bits per heavy atom. The summed E-state index contributed by atoms with van der Waals surface area (Å²) in [4.78, 5) is 15.4. The molecule has 0 atom stereocenters. The molecule has 0 aliphatic carbocycles. The first kappa shape index (κ1) is 26.9. The minimum Gasteiger partial charge on any atom is -0.496 e. The lowest BCUT2D eigenvalue weighted by Crippen LogP contribution is -2.38.